The van der Waals surface area contributed by atoms with Crippen LogP contribution in [0, 0.1) is 0 Å². The number of aliphatic hydroxyl groups is 5. The van der Waals surface area contributed by atoms with Crippen molar-refractivity contribution >= 4 is 17.1 Å². The van der Waals surface area contributed by atoms with Gasteiger partial charge in [0.2, 0.25) is 0 Å². The van der Waals surface area contributed by atoms with E-state index >= 15 is 0 Å². The van der Waals surface area contributed by atoms with Gasteiger partial charge >= 0.3 is 5.97 Å². The molecule has 0 aromatic carbocycles. The van der Waals surface area contributed by atoms with Crippen molar-refractivity contribution in [2.45, 2.75) is 37.3 Å². The number of hydrogen-bond acceptors (Lipinski definition) is 10. The van der Waals surface area contributed by atoms with E-state index in [1.807, 2.05) is 0 Å². The van der Waals surface area contributed by atoms with Crippen LogP contribution in [0.3, 0.4) is 0 Å². The molecule has 5 N–H and O–H groups in total. The van der Waals surface area contributed by atoms with Crippen LogP contribution in [0.15, 0.2) is 6.20 Å². The smallest absolute Gasteiger partial charge is 0.357 e. The van der Waals surface area contributed by atoms with E-state index in [9.17, 15) is 25.2 Å². The molecule has 0 saturated carbocycles. The zero-order valence-corrected chi connectivity index (χ0v) is 11.7. The molecule has 118 valence electrons. The Balaban J connectivity index is 2.20. The molecule has 9 nitrogen and oxygen atoms in total. The number of thiazole rings is 1. The Labute approximate surface area is 123 Å². The molecule has 1 aromatic heterocycles. The van der Waals surface area contributed by atoms with E-state index < -0.39 is 37.0 Å². The van der Waals surface area contributed by atoms with Crippen molar-refractivity contribution in [1.29, 1.82) is 0 Å². The summed E-state index contributed by atoms with van der Waals surface area (Å²) in [5, 5.41) is 48.0. The van der Waals surface area contributed by atoms with Gasteiger partial charge in [-0.25, -0.2) is 4.98 Å². The topological polar surface area (TPSA) is 150 Å². The molecule has 0 amide bonds. The summed E-state index contributed by atoms with van der Waals surface area (Å²) in [5.74, 6) is -2.97. The fourth-order valence-electron chi connectivity index (χ4n) is 1.80. The normalized spacial score (nSPS) is 36.5. The Kier molecular flexibility index (Phi) is 4.58. The minimum atomic E-state index is -2.71. The second-order valence-electron chi connectivity index (χ2n) is 4.54. The molecule has 1 aliphatic heterocycles. The highest BCUT2D eigenvalue weighted by molar-refractivity contribution is 7.15. The van der Waals surface area contributed by atoms with E-state index in [1.54, 1.807) is 0 Å². The Morgan fingerprint density at radius 1 is 1.48 bits per heavy atom. The number of ether oxygens (including phenoxy) is 2. The first-order valence-electron chi connectivity index (χ1n) is 5.99. The fraction of sp³-hybridized carbons (Fsp3) is 0.636. The molecule has 1 aliphatic rings. The number of ketones is 1. The molecule has 0 bridgehead atoms. The summed E-state index contributed by atoms with van der Waals surface area (Å²) < 4.78 is 9.89. The SMILES string of the molecule is CC(=O)c1cnc(O[C@]2(O)O[C@H](CO)[C@@H](O)[C@H](O)[C@@H]2O)s1. The zero-order valence-electron chi connectivity index (χ0n) is 10.9. The van der Waals surface area contributed by atoms with Crippen molar-refractivity contribution in [2.75, 3.05) is 6.61 Å². The molecule has 1 saturated heterocycles. The molecule has 1 aromatic rings. The second kappa shape index (κ2) is 5.93. The fourth-order valence-corrected chi connectivity index (χ4v) is 2.51. The first-order valence-corrected chi connectivity index (χ1v) is 6.81. The van der Waals surface area contributed by atoms with E-state index in [-0.39, 0.29) is 15.9 Å². The van der Waals surface area contributed by atoms with Crippen molar-refractivity contribution in [3.8, 4) is 5.19 Å². The number of hydrogen-bond donors (Lipinski definition) is 5. The third-order valence-corrected chi connectivity index (χ3v) is 3.97. The maximum atomic E-state index is 11.2. The third-order valence-electron chi connectivity index (χ3n) is 2.99. The molecular formula is C11H15NO8S. The first-order chi connectivity index (χ1) is 9.78. The molecule has 1 fully saturated rings. The van der Waals surface area contributed by atoms with Crippen LogP contribution in [0.4, 0.5) is 0 Å². The Morgan fingerprint density at radius 3 is 2.67 bits per heavy atom. The summed E-state index contributed by atoms with van der Waals surface area (Å²) in [6, 6.07) is 0. The highest BCUT2D eigenvalue weighted by atomic mass is 32.1. The van der Waals surface area contributed by atoms with Gasteiger partial charge in [0.25, 0.3) is 5.19 Å². The summed E-state index contributed by atoms with van der Waals surface area (Å²) in [6.45, 7) is 0.604. The van der Waals surface area contributed by atoms with Crippen LogP contribution in [0.25, 0.3) is 0 Å². The number of aliphatic hydroxyl groups excluding tert-OH is 4. The lowest BCUT2D eigenvalue weighted by Crippen LogP contribution is -2.67. The largest absolute Gasteiger partial charge is 0.410 e. The number of carbonyl (C=O) groups is 1. The first kappa shape index (κ1) is 16.2. The van der Waals surface area contributed by atoms with Gasteiger partial charge in [0.15, 0.2) is 11.9 Å². The predicted octanol–water partition coefficient (Wildman–Crippen LogP) is -2.16. The van der Waals surface area contributed by atoms with Crippen LogP contribution < -0.4 is 4.74 Å². The van der Waals surface area contributed by atoms with Gasteiger partial charge in [-0.3, -0.25) is 4.79 Å². The minimum absolute atomic E-state index is 0.179. The van der Waals surface area contributed by atoms with Crippen LogP contribution in [0.2, 0.25) is 0 Å². The van der Waals surface area contributed by atoms with Crippen LogP contribution in [0.5, 0.6) is 5.19 Å². The van der Waals surface area contributed by atoms with E-state index in [1.165, 1.54) is 13.1 Å². The van der Waals surface area contributed by atoms with Gasteiger partial charge in [-0.1, -0.05) is 11.3 Å². The van der Waals surface area contributed by atoms with E-state index in [0.717, 1.165) is 11.3 Å². The second-order valence-corrected chi connectivity index (χ2v) is 5.54. The molecule has 2 heterocycles. The maximum Gasteiger partial charge on any atom is 0.357 e. The van der Waals surface area contributed by atoms with Gasteiger partial charge in [0.05, 0.1) is 17.7 Å². The van der Waals surface area contributed by atoms with E-state index in [0.29, 0.717) is 0 Å². The van der Waals surface area contributed by atoms with Crippen molar-refractivity contribution in [3.63, 3.8) is 0 Å². The van der Waals surface area contributed by atoms with Crippen LogP contribution in [-0.2, 0) is 4.74 Å². The lowest BCUT2D eigenvalue weighted by atomic mass is 9.98. The molecule has 5 atom stereocenters. The number of carbonyl (C=O) groups excluding carboxylic acids is 1. The number of nitrogens with zero attached hydrogens (tertiary/aromatic N) is 1. The van der Waals surface area contributed by atoms with Crippen molar-refractivity contribution in [3.05, 3.63) is 11.1 Å². The lowest BCUT2D eigenvalue weighted by Gasteiger charge is -2.43. The van der Waals surface area contributed by atoms with Gasteiger partial charge in [-0.05, 0) is 0 Å². The Hall–Kier alpha value is -1.14. The molecule has 2 rings (SSSR count). The predicted molar refractivity (Wildman–Crippen MR) is 67.7 cm³/mol. The Morgan fingerprint density at radius 2 is 2.14 bits per heavy atom. The van der Waals surface area contributed by atoms with Gasteiger partial charge < -0.3 is 35.0 Å². The summed E-state index contributed by atoms with van der Waals surface area (Å²) in [4.78, 5) is 15.1. The summed E-state index contributed by atoms with van der Waals surface area (Å²) in [7, 11) is 0. The molecule has 0 spiro atoms. The van der Waals surface area contributed by atoms with Gasteiger partial charge in [0, 0.05) is 6.92 Å². The molecule has 0 radical (unpaired) electrons. The van der Waals surface area contributed by atoms with E-state index in [2.05, 4.69) is 4.98 Å². The van der Waals surface area contributed by atoms with Crippen molar-refractivity contribution in [1.82, 2.24) is 4.98 Å². The van der Waals surface area contributed by atoms with Crippen molar-refractivity contribution < 1.29 is 39.8 Å². The summed E-state index contributed by atoms with van der Waals surface area (Å²) in [6.07, 6.45) is -5.54. The standard InChI is InChI=1S/C11H15NO8S/c1-4(14)6-2-12-10(21-6)20-11(18)9(17)8(16)7(15)5(3-13)19-11/h2,5,7-9,13,15-18H,3H2,1H3/t5-,7-,8+,9+,11-/m1/s1. The Bertz CT molecular complexity index is 520. The molecule has 0 unspecified atom stereocenters. The highest BCUT2D eigenvalue weighted by Crippen LogP contribution is 2.32. The summed E-state index contributed by atoms with van der Waals surface area (Å²) in [5.41, 5.74) is 0. The van der Waals surface area contributed by atoms with Crippen LogP contribution >= 0.6 is 11.3 Å². The number of Topliss-reactive ketones (excluding diaryl/α,β-unsaturated/α-hetero) is 1. The maximum absolute atomic E-state index is 11.2. The molecule has 0 aliphatic carbocycles. The van der Waals surface area contributed by atoms with Gasteiger partial charge in [-0.2, -0.15) is 0 Å². The highest BCUT2D eigenvalue weighted by Gasteiger charge is 2.55. The third kappa shape index (κ3) is 3.06. The summed E-state index contributed by atoms with van der Waals surface area (Å²) >= 11 is 0.805. The monoisotopic (exact) mass is 321 g/mol. The molecular weight excluding hydrogens is 306 g/mol. The molecule has 21 heavy (non-hydrogen) atoms. The average Bonchev–Trinajstić information content (AvgIpc) is 2.89. The van der Waals surface area contributed by atoms with Crippen LogP contribution in [-0.4, -0.2) is 73.3 Å². The zero-order chi connectivity index (χ0) is 15.8. The van der Waals surface area contributed by atoms with Crippen LogP contribution in [0.1, 0.15) is 16.6 Å². The molecule has 10 heteroatoms. The van der Waals surface area contributed by atoms with Gasteiger partial charge in [0.1, 0.15) is 18.3 Å². The van der Waals surface area contributed by atoms with E-state index in [4.69, 9.17) is 14.6 Å². The minimum Gasteiger partial charge on any atom is -0.410 e. The number of aromatic nitrogens is 1. The lowest BCUT2D eigenvalue weighted by molar-refractivity contribution is -0.422. The number of rotatable bonds is 4. The average molecular weight is 321 g/mol. The van der Waals surface area contributed by atoms with Crippen molar-refractivity contribution in [2.24, 2.45) is 0 Å². The van der Waals surface area contributed by atoms with Gasteiger partial charge in [-0.15, -0.1) is 0 Å². The quantitative estimate of drug-likeness (QED) is 0.309.